The number of carbonyl (C=O) groups is 1. The summed E-state index contributed by atoms with van der Waals surface area (Å²) in [5.74, 6) is 0. The van der Waals surface area contributed by atoms with E-state index < -0.39 is 8.07 Å². The lowest BCUT2D eigenvalue weighted by Crippen LogP contribution is -2.37. The van der Waals surface area contributed by atoms with Gasteiger partial charge in [0.25, 0.3) is 5.59 Å². The summed E-state index contributed by atoms with van der Waals surface area (Å²) in [4.78, 5) is 11.3. The minimum absolute atomic E-state index is 0. The van der Waals surface area contributed by atoms with E-state index in [-0.39, 0.29) is 10.3 Å². The molecule has 0 aliphatic carbocycles. The van der Waals surface area contributed by atoms with Crippen LogP contribution in [0.3, 0.4) is 0 Å². The molecule has 0 bridgehead atoms. The molecule has 12 heavy (non-hydrogen) atoms. The maximum absolute atomic E-state index is 11.3. The molecule has 0 rings (SSSR count). The molecule has 0 saturated carbocycles. The first-order valence-corrected chi connectivity index (χ1v) is 7.42. The highest BCUT2D eigenvalue weighted by Gasteiger charge is 2.30. The van der Waals surface area contributed by atoms with Crippen molar-refractivity contribution in [2.45, 2.75) is 39.4 Å². The monoisotopic (exact) mass is 194 g/mol. The molecule has 0 atom stereocenters. The maximum atomic E-state index is 11.3. The molecule has 2 nitrogen and oxygen atoms in total. The fourth-order valence-electron chi connectivity index (χ4n) is 1.05. The van der Waals surface area contributed by atoms with Gasteiger partial charge in [0, 0.05) is 0 Å². The Balaban J connectivity index is 0. The Labute approximate surface area is 74.7 Å². The number of halogens is 1. The molecule has 0 aromatic carbocycles. The standard InChI is InChI=1S/C8H18O2Si.FH/c1-5-7-11(3,4)8(9)10-6-2;/h5-7H2,1-4H3;1H. The van der Waals surface area contributed by atoms with Crippen LogP contribution in [-0.4, -0.2) is 20.3 Å². The molecular weight excluding hydrogens is 175 g/mol. The summed E-state index contributed by atoms with van der Waals surface area (Å²) in [5.41, 5.74) is 0.0573. The van der Waals surface area contributed by atoms with E-state index in [1.54, 1.807) is 0 Å². The Kier molecular flexibility index (Phi) is 7.28. The van der Waals surface area contributed by atoms with E-state index >= 15 is 0 Å². The molecular formula is C8H19FO2Si. The van der Waals surface area contributed by atoms with Crippen molar-refractivity contribution in [1.82, 2.24) is 0 Å². The highest BCUT2D eigenvalue weighted by Crippen LogP contribution is 2.14. The van der Waals surface area contributed by atoms with Gasteiger partial charge in [0.2, 0.25) is 0 Å². The van der Waals surface area contributed by atoms with Gasteiger partial charge in [-0.2, -0.15) is 0 Å². The second-order valence-electron chi connectivity index (χ2n) is 3.35. The molecule has 0 amide bonds. The van der Waals surface area contributed by atoms with Crippen LogP contribution in [-0.2, 0) is 4.74 Å². The van der Waals surface area contributed by atoms with Crippen LogP contribution in [0.4, 0.5) is 9.50 Å². The van der Waals surface area contributed by atoms with Crippen LogP contribution < -0.4 is 0 Å². The summed E-state index contributed by atoms with van der Waals surface area (Å²) in [7, 11) is -1.69. The van der Waals surface area contributed by atoms with Crippen LogP contribution in [0.2, 0.25) is 19.1 Å². The highest BCUT2D eigenvalue weighted by atomic mass is 28.3. The van der Waals surface area contributed by atoms with E-state index in [4.69, 9.17) is 4.74 Å². The molecule has 0 radical (unpaired) electrons. The highest BCUT2D eigenvalue weighted by molar-refractivity contribution is 7.03. The summed E-state index contributed by atoms with van der Waals surface area (Å²) in [6.07, 6.45) is 1.08. The molecule has 0 unspecified atom stereocenters. The zero-order valence-electron chi connectivity index (χ0n) is 8.35. The fourth-order valence-corrected chi connectivity index (χ4v) is 3.04. The van der Waals surface area contributed by atoms with E-state index in [0.29, 0.717) is 6.61 Å². The van der Waals surface area contributed by atoms with Crippen molar-refractivity contribution in [3.63, 3.8) is 0 Å². The SMILES string of the molecule is CCC[Si](C)(C)C(=O)OCC.F. The van der Waals surface area contributed by atoms with Crippen molar-refractivity contribution in [2.75, 3.05) is 6.61 Å². The molecule has 0 saturated heterocycles. The van der Waals surface area contributed by atoms with Crippen LogP contribution in [0.15, 0.2) is 0 Å². The van der Waals surface area contributed by atoms with Crippen molar-refractivity contribution in [2.24, 2.45) is 0 Å². The first-order chi connectivity index (χ1) is 5.04. The van der Waals surface area contributed by atoms with Crippen molar-refractivity contribution in [3.8, 4) is 0 Å². The molecule has 0 aliphatic rings. The molecule has 0 spiro atoms. The topological polar surface area (TPSA) is 26.3 Å². The van der Waals surface area contributed by atoms with Gasteiger partial charge in [-0.05, 0) is 13.0 Å². The molecule has 0 N–H and O–H groups in total. The van der Waals surface area contributed by atoms with Crippen LogP contribution in [0.25, 0.3) is 0 Å². The van der Waals surface area contributed by atoms with Crippen molar-refractivity contribution in [3.05, 3.63) is 0 Å². The van der Waals surface area contributed by atoms with Gasteiger partial charge in [-0.1, -0.05) is 26.4 Å². The van der Waals surface area contributed by atoms with Gasteiger partial charge in [0.15, 0.2) is 8.07 Å². The Morgan fingerprint density at radius 2 is 1.83 bits per heavy atom. The Morgan fingerprint density at radius 1 is 1.33 bits per heavy atom. The second kappa shape index (κ2) is 6.17. The Bertz CT molecular complexity index is 137. The number of hydrogen-bond acceptors (Lipinski definition) is 2. The van der Waals surface area contributed by atoms with E-state index in [1.807, 2.05) is 6.92 Å². The number of rotatable bonds is 4. The van der Waals surface area contributed by atoms with E-state index in [2.05, 4.69) is 20.0 Å². The summed E-state index contributed by atoms with van der Waals surface area (Å²) in [6.45, 7) is 8.60. The average Bonchev–Trinajstić information content (AvgIpc) is 1.88. The van der Waals surface area contributed by atoms with Gasteiger partial charge >= 0.3 is 0 Å². The minimum Gasteiger partial charge on any atom is -0.470 e. The Hall–Kier alpha value is -0.383. The first kappa shape index (κ1) is 14.2. The van der Waals surface area contributed by atoms with Crippen molar-refractivity contribution in [1.29, 1.82) is 0 Å². The van der Waals surface area contributed by atoms with E-state index in [9.17, 15) is 4.79 Å². The molecule has 0 heterocycles. The van der Waals surface area contributed by atoms with Crippen LogP contribution in [0.1, 0.15) is 20.3 Å². The molecule has 0 aromatic heterocycles. The van der Waals surface area contributed by atoms with Gasteiger partial charge in [-0.15, -0.1) is 0 Å². The van der Waals surface area contributed by atoms with Crippen LogP contribution >= 0.6 is 0 Å². The van der Waals surface area contributed by atoms with Crippen LogP contribution in [0, 0.1) is 0 Å². The molecule has 4 heteroatoms. The van der Waals surface area contributed by atoms with E-state index in [1.165, 1.54) is 0 Å². The third-order valence-electron chi connectivity index (χ3n) is 1.70. The van der Waals surface area contributed by atoms with Gasteiger partial charge in [-0.3, -0.25) is 9.50 Å². The van der Waals surface area contributed by atoms with Gasteiger partial charge in [0.05, 0.1) is 6.61 Å². The van der Waals surface area contributed by atoms with E-state index in [0.717, 1.165) is 12.5 Å². The largest absolute Gasteiger partial charge is 0.470 e. The average molecular weight is 194 g/mol. The quantitative estimate of drug-likeness (QED) is 0.643. The lowest BCUT2D eigenvalue weighted by Gasteiger charge is -2.18. The number of ether oxygens (including phenoxy) is 1. The van der Waals surface area contributed by atoms with Crippen molar-refractivity contribution < 1.29 is 14.2 Å². The van der Waals surface area contributed by atoms with Gasteiger partial charge < -0.3 is 4.74 Å². The predicted molar refractivity (Wildman–Crippen MR) is 52.1 cm³/mol. The molecule has 0 aromatic rings. The zero-order chi connectivity index (χ0) is 8.91. The van der Waals surface area contributed by atoms with Crippen molar-refractivity contribution >= 4 is 13.7 Å². The zero-order valence-corrected chi connectivity index (χ0v) is 9.35. The van der Waals surface area contributed by atoms with Gasteiger partial charge in [0.1, 0.15) is 0 Å². The van der Waals surface area contributed by atoms with Crippen LogP contribution in [0.5, 0.6) is 0 Å². The second-order valence-corrected chi connectivity index (χ2v) is 8.03. The summed E-state index contributed by atoms with van der Waals surface area (Å²) in [6, 6.07) is 1.03. The maximum Gasteiger partial charge on any atom is 0.271 e. The number of hydrogen-bond donors (Lipinski definition) is 0. The smallest absolute Gasteiger partial charge is 0.271 e. The molecule has 0 aliphatic heterocycles. The lowest BCUT2D eigenvalue weighted by atomic mass is 10.6. The third-order valence-corrected chi connectivity index (χ3v) is 4.70. The minimum atomic E-state index is -1.69. The summed E-state index contributed by atoms with van der Waals surface area (Å²) >= 11 is 0. The number of carbonyl (C=O) groups excluding carboxylic acids is 1. The summed E-state index contributed by atoms with van der Waals surface area (Å²) in [5, 5.41) is 0. The van der Waals surface area contributed by atoms with Gasteiger partial charge in [-0.25, -0.2) is 0 Å². The molecule has 0 fully saturated rings. The Morgan fingerprint density at radius 3 is 2.17 bits per heavy atom. The predicted octanol–water partition coefficient (Wildman–Crippen LogP) is 3.00. The lowest BCUT2D eigenvalue weighted by molar-refractivity contribution is 0.176. The normalized spacial score (nSPS) is 10.3. The molecule has 74 valence electrons. The third kappa shape index (κ3) is 4.49. The first-order valence-electron chi connectivity index (χ1n) is 4.21. The fraction of sp³-hybridized carbons (Fsp3) is 0.875. The summed E-state index contributed by atoms with van der Waals surface area (Å²) < 4.78 is 4.98.